The van der Waals surface area contributed by atoms with E-state index in [1.165, 1.54) is 5.56 Å². The summed E-state index contributed by atoms with van der Waals surface area (Å²) in [7, 11) is 4.46. The second-order valence-electron chi connectivity index (χ2n) is 18.6. The SMILES string of the molecule is C[N+](C)(CCCc1ccc(-c2ccc(Cc3cc([C@@H]4O[C@H](CO)[C@@H](O)[C@H](O)[C@H]4O)ccc3Cl)s2)cc1)CCOc1ccc(-c2ccc(Cc3cc([C@@H]4O[C@H](CO)[C@@H](O)[C@H](O)[C@H]4O)ccc3Cl)s2)cc1. The molecule has 8 N–H and O–H groups in total. The maximum Gasteiger partial charge on any atom is 0.137 e. The van der Waals surface area contributed by atoms with Gasteiger partial charge >= 0.3 is 0 Å². The number of rotatable bonds is 18. The molecule has 0 saturated carbocycles. The zero-order chi connectivity index (χ0) is 49.0. The van der Waals surface area contributed by atoms with Gasteiger partial charge in [0, 0.05) is 48.8 Å². The Morgan fingerprint density at radius 2 is 1.01 bits per heavy atom. The molecule has 368 valence electrons. The number of quaternary nitrogens is 1. The van der Waals surface area contributed by atoms with Gasteiger partial charge < -0.3 is 59.5 Å². The van der Waals surface area contributed by atoms with Gasteiger partial charge in [0.15, 0.2) is 0 Å². The Labute approximate surface area is 420 Å². The molecule has 0 spiro atoms. The van der Waals surface area contributed by atoms with Gasteiger partial charge in [-0.25, -0.2) is 0 Å². The summed E-state index contributed by atoms with van der Waals surface area (Å²) in [4.78, 5) is 4.45. The van der Waals surface area contributed by atoms with Gasteiger partial charge in [0.1, 0.15) is 79.9 Å². The molecule has 2 aliphatic rings. The van der Waals surface area contributed by atoms with Crippen molar-refractivity contribution >= 4 is 45.9 Å². The van der Waals surface area contributed by atoms with Crippen LogP contribution in [0.2, 0.25) is 10.0 Å². The quantitative estimate of drug-likeness (QED) is 0.0426. The fourth-order valence-electron chi connectivity index (χ4n) is 8.98. The average molecular weight is 1020 g/mol. The fraction of sp³-hybridized carbons (Fsp3) is 0.396. The summed E-state index contributed by atoms with van der Waals surface area (Å²) < 4.78 is 18.6. The van der Waals surface area contributed by atoms with E-state index in [2.05, 4.69) is 74.8 Å². The number of halogens is 2. The smallest absolute Gasteiger partial charge is 0.137 e. The Balaban J connectivity index is 0.777. The van der Waals surface area contributed by atoms with Crippen LogP contribution in [0, 0.1) is 0 Å². The van der Waals surface area contributed by atoms with E-state index in [1.54, 1.807) is 46.9 Å². The third kappa shape index (κ3) is 12.3. The number of aliphatic hydroxyl groups is 8. The highest BCUT2D eigenvalue weighted by Gasteiger charge is 2.45. The summed E-state index contributed by atoms with van der Waals surface area (Å²) in [6, 6.07) is 35.8. The first kappa shape index (κ1) is 51.6. The van der Waals surface area contributed by atoms with E-state index < -0.39 is 74.3 Å². The minimum Gasteiger partial charge on any atom is -0.488 e. The van der Waals surface area contributed by atoms with Crippen molar-refractivity contribution in [2.75, 3.05) is 47.0 Å². The second-order valence-corrected chi connectivity index (χ2v) is 21.8. The van der Waals surface area contributed by atoms with Crippen molar-refractivity contribution in [2.24, 2.45) is 0 Å². The fourth-order valence-corrected chi connectivity index (χ4v) is 11.4. The van der Waals surface area contributed by atoms with Gasteiger partial charge in [-0.3, -0.25) is 0 Å². The first-order valence-electron chi connectivity index (χ1n) is 23.1. The van der Waals surface area contributed by atoms with Gasteiger partial charge in [-0.15, -0.1) is 22.7 Å². The van der Waals surface area contributed by atoms with E-state index in [1.807, 2.05) is 24.3 Å². The molecular weight excluding hydrogens is 962 g/mol. The minimum atomic E-state index is -1.46. The molecule has 2 aliphatic heterocycles. The third-order valence-corrected chi connectivity index (χ3v) is 16.2. The zero-order valence-corrected chi connectivity index (χ0v) is 41.5. The molecule has 4 aromatic carbocycles. The van der Waals surface area contributed by atoms with E-state index in [9.17, 15) is 40.9 Å². The number of hydrogen-bond acceptors (Lipinski definition) is 13. The number of likely N-dealkylation sites (N-methyl/N-ethyl adjacent to an activating group) is 1. The molecule has 10 atom stereocenters. The van der Waals surface area contributed by atoms with Crippen LogP contribution in [0.4, 0.5) is 0 Å². The summed E-state index contributed by atoms with van der Waals surface area (Å²) in [6.07, 6.45) is -9.20. The maximum atomic E-state index is 10.7. The monoisotopic (exact) mass is 1020 g/mol. The van der Waals surface area contributed by atoms with Gasteiger partial charge in [-0.2, -0.15) is 0 Å². The Morgan fingerprint density at radius 1 is 0.551 bits per heavy atom. The predicted molar refractivity (Wildman–Crippen MR) is 269 cm³/mol. The lowest BCUT2D eigenvalue weighted by molar-refractivity contribution is -0.890. The van der Waals surface area contributed by atoms with E-state index in [-0.39, 0.29) is 0 Å². The molecule has 2 saturated heterocycles. The van der Waals surface area contributed by atoms with Gasteiger partial charge in [-0.1, -0.05) is 71.7 Å². The average Bonchev–Trinajstić information content (AvgIpc) is 4.02. The molecule has 69 heavy (non-hydrogen) atoms. The van der Waals surface area contributed by atoms with Crippen molar-refractivity contribution < 1.29 is 59.5 Å². The molecule has 0 aliphatic carbocycles. The van der Waals surface area contributed by atoms with Crippen molar-refractivity contribution in [3.05, 3.63) is 157 Å². The predicted octanol–water partition coefficient (Wildman–Crippen LogP) is 6.75. The molecule has 0 radical (unpaired) electrons. The van der Waals surface area contributed by atoms with Crippen molar-refractivity contribution in [1.29, 1.82) is 0 Å². The van der Waals surface area contributed by atoms with E-state index in [0.717, 1.165) is 77.9 Å². The van der Waals surface area contributed by atoms with E-state index in [0.29, 0.717) is 40.6 Å². The highest BCUT2D eigenvalue weighted by Crippen LogP contribution is 2.38. The first-order chi connectivity index (χ1) is 33.1. The summed E-state index contributed by atoms with van der Waals surface area (Å²) in [5.41, 5.74) is 6.37. The molecule has 0 amide bonds. The maximum absolute atomic E-state index is 10.7. The summed E-state index contributed by atoms with van der Waals surface area (Å²) >= 11 is 16.6. The Bertz CT molecular complexity index is 2440. The largest absolute Gasteiger partial charge is 0.488 e. The van der Waals surface area contributed by atoms with Crippen LogP contribution in [0.3, 0.4) is 0 Å². The number of hydrogen-bond donors (Lipinski definition) is 8. The van der Waals surface area contributed by atoms with Crippen LogP contribution in [0.5, 0.6) is 5.75 Å². The molecule has 6 aromatic rings. The standard InChI is InChI=1S/C53H60Cl2NO11S2/c1-56(2,21-3-4-30-5-7-31(8-6-30)44-19-15-38(68-44)26-35-24-33(11-17-40(35)54)52-50(63)48(61)46(59)42(28-57)66-52)22-23-65-37-13-9-32(10-14-37)45-20-16-39(69-45)27-36-25-34(12-18-41(36)55)53-51(64)49(62)47(60)43(29-58)67-53/h5-20,24-25,42-43,46-53,57-64H,3-4,21-23,26-29H2,1-2H3/q+1/t42-,43-,46-,47-,48+,49+,50-,51-,52+,53+/m1/s1. The van der Waals surface area contributed by atoms with Crippen LogP contribution >= 0.6 is 45.9 Å². The number of benzene rings is 4. The molecule has 0 unspecified atom stereocenters. The normalized spacial score (nSPS) is 25.2. The van der Waals surface area contributed by atoms with Crippen LogP contribution in [0.25, 0.3) is 20.9 Å². The third-order valence-electron chi connectivity index (χ3n) is 13.2. The molecule has 8 rings (SSSR count). The van der Waals surface area contributed by atoms with Crippen LogP contribution in [-0.2, 0) is 28.7 Å². The number of thiophene rings is 2. The number of aryl methyl sites for hydroxylation is 1. The molecule has 16 heteroatoms. The van der Waals surface area contributed by atoms with Crippen molar-refractivity contribution in [1.82, 2.24) is 0 Å². The molecule has 2 fully saturated rings. The van der Waals surface area contributed by atoms with Crippen LogP contribution in [0.1, 0.15) is 56.2 Å². The topological polar surface area (TPSA) is 190 Å². The van der Waals surface area contributed by atoms with Gasteiger partial charge in [0.2, 0.25) is 0 Å². The minimum absolute atomic E-state index is 0.488. The number of aliphatic hydroxyl groups excluding tert-OH is 8. The summed E-state index contributed by atoms with van der Waals surface area (Å²) in [5, 5.41) is 82.7. The van der Waals surface area contributed by atoms with Crippen LogP contribution < -0.4 is 4.74 Å². The van der Waals surface area contributed by atoms with Crippen molar-refractivity contribution in [3.8, 4) is 26.6 Å². The highest BCUT2D eigenvalue weighted by atomic mass is 35.5. The Kier molecular flexibility index (Phi) is 17.0. The van der Waals surface area contributed by atoms with Crippen LogP contribution in [-0.4, -0.2) is 141 Å². The van der Waals surface area contributed by atoms with Gasteiger partial charge in [0.25, 0.3) is 0 Å². The molecular formula is C53H60Cl2NO11S2+. The zero-order valence-electron chi connectivity index (χ0n) is 38.4. The lowest BCUT2D eigenvalue weighted by Crippen LogP contribution is -2.55. The molecule has 12 nitrogen and oxygen atoms in total. The lowest BCUT2D eigenvalue weighted by atomic mass is 9.90. The van der Waals surface area contributed by atoms with Crippen LogP contribution in [0.15, 0.2) is 109 Å². The molecule has 0 bridgehead atoms. The number of nitrogens with zero attached hydrogens (tertiary/aromatic N) is 1. The van der Waals surface area contributed by atoms with Crippen molar-refractivity contribution in [2.45, 2.75) is 86.7 Å². The first-order valence-corrected chi connectivity index (χ1v) is 25.5. The van der Waals surface area contributed by atoms with E-state index >= 15 is 0 Å². The Hall–Kier alpha value is -3.78. The summed E-state index contributed by atoms with van der Waals surface area (Å²) in [6.45, 7) is 1.47. The second kappa shape index (κ2) is 22.7. The molecule has 2 aromatic heterocycles. The number of ether oxygens (including phenoxy) is 3. The van der Waals surface area contributed by atoms with E-state index in [4.69, 9.17) is 37.4 Å². The van der Waals surface area contributed by atoms with Gasteiger partial charge in [0.05, 0.1) is 33.9 Å². The lowest BCUT2D eigenvalue weighted by Gasteiger charge is -2.40. The highest BCUT2D eigenvalue weighted by molar-refractivity contribution is 7.15. The summed E-state index contributed by atoms with van der Waals surface area (Å²) in [5.74, 6) is 0.815. The molecule has 4 heterocycles. The Morgan fingerprint density at radius 3 is 1.48 bits per heavy atom. The van der Waals surface area contributed by atoms with Crippen molar-refractivity contribution in [3.63, 3.8) is 0 Å². The van der Waals surface area contributed by atoms with Gasteiger partial charge in [-0.05, 0) is 106 Å².